The molecule has 1 aliphatic rings. The van der Waals surface area contributed by atoms with Crippen LogP contribution in [0.1, 0.15) is 5.56 Å². The van der Waals surface area contributed by atoms with Crippen LogP contribution in [0.4, 0.5) is 10.5 Å². The predicted molar refractivity (Wildman–Crippen MR) is 65.5 cm³/mol. The highest BCUT2D eigenvalue weighted by Gasteiger charge is 2.33. The van der Waals surface area contributed by atoms with Crippen LogP contribution in [0, 0.1) is 6.92 Å². The van der Waals surface area contributed by atoms with Gasteiger partial charge in [-0.2, -0.15) is 0 Å². The number of amides is 1. The number of carbonyl (C=O) groups is 1. The summed E-state index contributed by atoms with van der Waals surface area (Å²) < 4.78 is 5.96. The number of carbonyl (C=O) groups excluding carboxylic acids is 1. The fourth-order valence-corrected chi connectivity index (χ4v) is 2.05. The molecule has 0 spiro atoms. The fourth-order valence-electron chi connectivity index (χ4n) is 1.68. The van der Waals surface area contributed by atoms with Gasteiger partial charge in [0.15, 0.2) is 0 Å². The molecule has 0 radical (unpaired) electrons. The van der Waals surface area contributed by atoms with Gasteiger partial charge in [0, 0.05) is 16.7 Å². The summed E-state index contributed by atoms with van der Waals surface area (Å²) in [6.45, 7) is 2.76. The molecule has 1 saturated heterocycles. The first kappa shape index (κ1) is 11.4. The molecule has 2 N–H and O–H groups in total. The maximum atomic E-state index is 11.6. The molecule has 1 aromatic rings. The third kappa shape index (κ3) is 1.92. The number of anilines is 1. The molecule has 1 unspecified atom stereocenters. The third-order valence-corrected chi connectivity index (χ3v) is 3.52. The topological polar surface area (TPSA) is 55.6 Å². The van der Waals surface area contributed by atoms with Crippen molar-refractivity contribution in [3.63, 3.8) is 0 Å². The smallest absolute Gasteiger partial charge is 0.414 e. The second-order valence-electron chi connectivity index (χ2n) is 3.77. The molecule has 86 valence electrons. The molecule has 0 saturated carbocycles. The Morgan fingerprint density at radius 1 is 1.62 bits per heavy atom. The summed E-state index contributed by atoms with van der Waals surface area (Å²) in [6.07, 6.45) is -0.328. The molecule has 1 atom stereocenters. The van der Waals surface area contributed by atoms with Crippen molar-refractivity contribution in [3.8, 4) is 0 Å². The van der Waals surface area contributed by atoms with Crippen LogP contribution in [0.5, 0.6) is 0 Å². The van der Waals surface area contributed by atoms with Crippen molar-refractivity contribution in [2.45, 2.75) is 13.0 Å². The summed E-state index contributed by atoms with van der Waals surface area (Å²) >= 11 is 3.44. The lowest BCUT2D eigenvalue weighted by atomic mass is 10.2. The van der Waals surface area contributed by atoms with Gasteiger partial charge in [0.2, 0.25) is 0 Å². The molecule has 1 aliphatic heterocycles. The summed E-state index contributed by atoms with van der Waals surface area (Å²) in [5, 5.41) is 0. The van der Waals surface area contributed by atoms with Crippen LogP contribution in [0.25, 0.3) is 0 Å². The Morgan fingerprint density at radius 2 is 2.38 bits per heavy atom. The molecule has 5 heteroatoms. The van der Waals surface area contributed by atoms with E-state index in [1.54, 1.807) is 4.90 Å². The lowest BCUT2D eigenvalue weighted by Crippen LogP contribution is -2.38. The minimum atomic E-state index is -0.328. The molecule has 2 rings (SSSR count). The normalized spacial score (nSPS) is 20.1. The van der Waals surface area contributed by atoms with E-state index in [2.05, 4.69) is 15.9 Å². The first-order valence-electron chi connectivity index (χ1n) is 5.05. The van der Waals surface area contributed by atoms with Gasteiger partial charge in [0.05, 0.1) is 6.04 Å². The van der Waals surface area contributed by atoms with Gasteiger partial charge in [-0.1, -0.05) is 22.0 Å². The molecule has 0 aliphatic carbocycles. The van der Waals surface area contributed by atoms with Crippen LogP contribution in [0.15, 0.2) is 22.7 Å². The number of nitrogens with two attached hydrogens (primary N) is 1. The van der Waals surface area contributed by atoms with Gasteiger partial charge in [-0.05, 0) is 24.6 Å². The van der Waals surface area contributed by atoms with E-state index in [0.717, 1.165) is 15.7 Å². The second-order valence-corrected chi connectivity index (χ2v) is 4.62. The van der Waals surface area contributed by atoms with Crippen molar-refractivity contribution >= 4 is 27.7 Å². The molecule has 4 nitrogen and oxygen atoms in total. The van der Waals surface area contributed by atoms with Crippen molar-refractivity contribution in [3.05, 3.63) is 28.2 Å². The van der Waals surface area contributed by atoms with Crippen molar-refractivity contribution in [1.82, 2.24) is 0 Å². The van der Waals surface area contributed by atoms with E-state index in [4.69, 9.17) is 10.5 Å². The Labute approximate surface area is 102 Å². The summed E-state index contributed by atoms with van der Waals surface area (Å²) in [6, 6.07) is 5.69. The summed E-state index contributed by atoms with van der Waals surface area (Å²) in [7, 11) is 0. The number of ether oxygens (including phenoxy) is 1. The Morgan fingerprint density at radius 3 is 3.00 bits per heavy atom. The molecule has 0 bridgehead atoms. The van der Waals surface area contributed by atoms with Crippen LogP contribution in [0.2, 0.25) is 0 Å². The number of halogens is 1. The molecule has 1 heterocycles. The summed E-state index contributed by atoms with van der Waals surface area (Å²) in [5.74, 6) is 0. The van der Waals surface area contributed by atoms with Gasteiger partial charge in [0.1, 0.15) is 6.61 Å². The SMILES string of the molecule is Cc1ccc(N2C(=O)OCC2CN)cc1Br. The minimum Gasteiger partial charge on any atom is -0.447 e. The van der Waals surface area contributed by atoms with Crippen LogP contribution in [-0.2, 0) is 4.74 Å². The van der Waals surface area contributed by atoms with E-state index in [9.17, 15) is 4.79 Å². The molecular weight excluding hydrogens is 272 g/mol. The van der Waals surface area contributed by atoms with Gasteiger partial charge < -0.3 is 10.5 Å². The molecule has 1 aromatic carbocycles. The Kier molecular flexibility index (Phi) is 3.16. The van der Waals surface area contributed by atoms with Crippen molar-refractivity contribution in [2.24, 2.45) is 5.73 Å². The maximum Gasteiger partial charge on any atom is 0.414 e. The van der Waals surface area contributed by atoms with Crippen molar-refractivity contribution in [1.29, 1.82) is 0 Å². The molecule has 1 amide bonds. The Hall–Kier alpha value is -1.07. The van der Waals surface area contributed by atoms with Gasteiger partial charge in [0.25, 0.3) is 0 Å². The zero-order chi connectivity index (χ0) is 11.7. The second kappa shape index (κ2) is 4.43. The number of benzene rings is 1. The van der Waals surface area contributed by atoms with Gasteiger partial charge in [-0.15, -0.1) is 0 Å². The fraction of sp³-hybridized carbons (Fsp3) is 0.364. The molecule has 0 aromatic heterocycles. The average Bonchev–Trinajstić information content (AvgIpc) is 2.64. The van der Waals surface area contributed by atoms with Gasteiger partial charge in [-0.3, -0.25) is 4.90 Å². The molecule has 1 fully saturated rings. The monoisotopic (exact) mass is 284 g/mol. The molecular formula is C11H13BrN2O2. The Balaban J connectivity index is 2.35. The van der Waals surface area contributed by atoms with E-state index in [0.29, 0.717) is 13.2 Å². The van der Waals surface area contributed by atoms with E-state index in [1.807, 2.05) is 25.1 Å². The van der Waals surface area contributed by atoms with E-state index >= 15 is 0 Å². The minimum absolute atomic E-state index is 0.0675. The lowest BCUT2D eigenvalue weighted by Gasteiger charge is -2.20. The highest BCUT2D eigenvalue weighted by molar-refractivity contribution is 9.10. The third-order valence-electron chi connectivity index (χ3n) is 2.67. The van der Waals surface area contributed by atoms with E-state index in [-0.39, 0.29) is 12.1 Å². The number of hydrogen-bond acceptors (Lipinski definition) is 3. The van der Waals surface area contributed by atoms with Crippen molar-refractivity contribution < 1.29 is 9.53 Å². The number of rotatable bonds is 2. The zero-order valence-electron chi connectivity index (χ0n) is 8.94. The summed E-state index contributed by atoms with van der Waals surface area (Å²) in [5.41, 5.74) is 7.55. The van der Waals surface area contributed by atoms with Crippen LogP contribution in [0.3, 0.4) is 0 Å². The standard InChI is InChI=1S/C11H13BrN2O2/c1-7-2-3-8(4-10(7)12)14-9(5-13)6-16-11(14)15/h2-4,9H,5-6,13H2,1H3. The van der Waals surface area contributed by atoms with Crippen molar-refractivity contribution in [2.75, 3.05) is 18.1 Å². The number of nitrogens with zero attached hydrogens (tertiary/aromatic N) is 1. The zero-order valence-corrected chi connectivity index (χ0v) is 10.5. The van der Waals surface area contributed by atoms with Crippen LogP contribution < -0.4 is 10.6 Å². The number of cyclic esters (lactones) is 1. The van der Waals surface area contributed by atoms with Gasteiger partial charge in [-0.25, -0.2) is 4.79 Å². The van der Waals surface area contributed by atoms with Crippen LogP contribution in [-0.4, -0.2) is 25.3 Å². The quantitative estimate of drug-likeness (QED) is 0.904. The Bertz CT molecular complexity index is 422. The average molecular weight is 285 g/mol. The van der Waals surface area contributed by atoms with E-state index < -0.39 is 0 Å². The highest BCUT2D eigenvalue weighted by atomic mass is 79.9. The highest BCUT2D eigenvalue weighted by Crippen LogP contribution is 2.27. The molecule has 16 heavy (non-hydrogen) atoms. The first-order valence-corrected chi connectivity index (χ1v) is 5.85. The number of hydrogen-bond donors (Lipinski definition) is 1. The maximum absolute atomic E-state index is 11.6. The summed E-state index contributed by atoms with van der Waals surface area (Å²) in [4.78, 5) is 13.2. The lowest BCUT2D eigenvalue weighted by molar-refractivity contribution is 0.179. The number of aryl methyl sites for hydroxylation is 1. The van der Waals surface area contributed by atoms with Crippen LogP contribution >= 0.6 is 15.9 Å². The van der Waals surface area contributed by atoms with Gasteiger partial charge >= 0.3 is 6.09 Å². The van der Waals surface area contributed by atoms with E-state index in [1.165, 1.54) is 0 Å². The first-order chi connectivity index (χ1) is 7.63. The largest absolute Gasteiger partial charge is 0.447 e. The predicted octanol–water partition coefficient (Wildman–Crippen LogP) is 2.04.